The summed E-state index contributed by atoms with van der Waals surface area (Å²) in [7, 11) is 1.60. The number of ether oxygens (including phenoxy) is 3. The van der Waals surface area contributed by atoms with Crippen molar-refractivity contribution in [3.05, 3.63) is 78.6 Å². The predicted octanol–water partition coefficient (Wildman–Crippen LogP) is 4.59. The van der Waals surface area contributed by atoms with Crippen LogP contribution in [-0.2, 0) is 6.61 Å². The van der Waals surface area contributed by atoms with E-state index in [9.17, 15) is 0 Å². The molecule has 4 aromatic rings. The van der Waals surface area contributed by atoms with Crippen LogP contribution in [0.4, 0.5) is 5.69 Å². The van der Waals surface area contributed by atoms with Crippen LogP contribution in [0.2, 0.25) is 0 Å². The Morgan fingerprint density at radius 1 is 0.893 bits per heavy atom. The first-order valence-electron chi connectivity index (χ1n) is 8.76. The van der Waals surface area contributed by atoms with E-state index in [1.54, 1.807) is 19.2 Å². The number of hydrogen-bond acceptors (Lipinski definition) is 6. The summed E-state index contributed by atoms with van der Waals surface area (Å²) in [5.41, 5.74) is 8.20. The van der Waals surface area contributed by atoms with Crippen LogP contribution in [-0.4, -0.2) is 17.1 Å². The lowest BCUT2D eigenvalue weighted by Gasteiger charge is -2.13. The largest absolute Gasteiger partial charge is 0.493 e. The van der Waals surface area contributed by atoms with Crippen LogP contribution in [0.5, 0.6) is 23.1 Å². The van der Waals surface area contributed by atoms with Crippen LogP contribution in [0.25, 0.3) is 10.9 Å². The number of fused-ring (bicyclic) bond motifs is 1. The second-order valence-corrected chi connectivity index (χ2v) is 6.15. The van der Waals surface area contributed by atoms with Gasteiger partial charge in [-0.15, -0.1) is 0 Å². The number of nitrogen functional groups attached to an aromatic ring is 1. The Kier molecular flexibility index (Phi) is 4.93. The Morgan fingerprint density at radius 2 is 1.75 bits per heavy atom. The summed E-state index contributed by atoms with van der Waals surface area (Å²) in [5.74, 6) is 2.20. The third-order valence-corrected chi connectivity index (χ3v) is 4.19. The van der Waals surface area contributed by atoms with Crippen LogP contribution in [0.15, 0.2) is 73.1 Å². The van der Waals surface area contributed by atoms with E-state index in [2.05, 4.69) is 9.97 Å². The van der Waals surface area contributed by atoms with Gasteiger partial charge in [0, 0.05) is 17.8 Å². The van der Waals surface area contributed by atoms with Crippen molar-refractivity contribution >= 4 is 16.6 Å². The Bertz CT molecular complexity index is 1100. The summed E-state index contributed by atoms with van der Waals surface area (Å²) in [6, 6.07) is 20.8. The fraction of sp³-hybridized carbons (Fsp3) is 0.0909. The number of nitrogens with two attached hydrogens (primary N) is 1. The van der Waals surface area contributed by atoms with Crippen LogP contribution >= 0.6 is 0 Å². The van der Waals surface area contributed by atoms with Gasteiger partial charge < -0.3 is 19.9 Å². The zero-order valence-corrected chi connectivity index (χ0v) is 15.3. The fourth-order valence-electron chi connectivity index (χ4n) is 2.82. The Morgan fingerprint density at radius 3 is 2.54 bits per heavy atom. The first kappa shape index (κ1) is 17.6. The quantitative estimate of drug-likeness (QED) is 0.498. The van der Waals surface area contributed by atoms with Crippen LogP contribution in [0, 0.1) is 0 Å². The van der Waals surface area contributed by atoms with Crippen molar-refractivity contribution in [3.8, 4) is 23.1 Å². The first-order chi connectivity index (χ1) is 13.7. The van der Waals surface area contributed by atoms with E-state index in [-0.39, 0.29) is 0 Å². The molecule has 0 bridgehead atoms. The smallest absolute Gasteiger partial charge is 0.230 e. The molecule has 0 aliphatic carbocycles. The third kappa shape index (κ3) is 3.81. The minimum atomic E-state index is 0.418. The van der Waals surface area contributed by atoms with Gasteiger partial charge in [-0.05, 0) is 23.8 Å². The van der Waals surface area contributed by atoms with E-state index in [1.807, 2.05) is 54.6 Å². The van der Waals surface area contributed by atoms with Gasteiger partial charge in [0.15, 0.2) is 11.5 Å². The van der Waals surface area contributed by atoms with Crippen molar-refractivity contribution in [2.24, 2.45) is 0 Å². The van der Waals surface area contributed by atoms with Gasteiger partial charge in [0.2, 0.25) is 5.88 Å². The normalized spacial score (nSPS) is 10.6. The maximum atomic E-state index is 5.99. The molecular formula is C22H19N3O3. The molecule has 0 spiro atoms. The van der Waals surface area contributed by atoms with E-state index >= 15 is 0 Å². The van der Waals surface area contributed by atoms with Crippen LogP contribution in [0.3, 0.4) is 0 Å². The summed E-state index contributed by atoms with van der Waals surface area (Å²) in [4.78, 5) is 8.59. The van der Waals surface area contributed by atoms with Gasteiger partial charge in [0.05, 0.1) is 18.0 Å². The maximum absolute atomic E-state index is 5.99. The number of benzene rings is 3. The summed E-state index contributed by atoms with van der Waals surface area (Å²) in [6.07, 6.45) is 1.45. The van der Waals surface area contributed by atoms with Crippen molar-refractivity contribution in [2.75, 3.05) is 12.8 Å². The monoisotopic (exact) mass is 373 g/mol. The summed E-state index contributed by atoms with van der Waals surface area (Å²) >= 11 is 0. The SMILES string of the molecule is COc1cc2ncnc(Oc3cccc(N)c3)c2cc1OCc1ccccc1. The summed E-state index contributed by atoms with van der Waals surface area (Å²) in [6.45, 7) is 0.418. The number of anilines is 1. The van der Waals surface area contributed by atoms with E-state index in [4.69, 9.17) is 19.9 Å². The molecule has 0 amide bonds. The average Bonchev–Trinajstić information content (AvgIpc) is 2.72. The molecule has 6 heteroatoms. The fourth-order valence-corrected chi connectivity index (χ4v) is 2.82. The highest BCUT2D eigenvalue weighted by atomic mass is 16.5. The molecule has 0 aliphatic rings. The Hall–Kier alpha value is -3.80. The molecule has 0 fully saturated rings. The van der Waals surface area contributed by atoms with E-state index in [0.29, 0.717) is 46.3 Å². The lowest BCUT2D eigenvalue weighted by molar-refractivity contribution is 0.285. The lowest BCUT2D eigenvalue weighted by atomic mass is 10.2. The molecule has 0 saturated heterocycles. The van der Waals surface area contributed by atoms with E-state index in [0.717, 1.165) is 5.56 Å². The number of methoxy groups -OCH3 is 1. The van der Waals surface area contributed by atoms with Gasteiger partial charge in [-0.3, -0.25) is 0 Å². The molecule has 0 saturated carbocycles. The molecule has 1 heterocycles. The molecule has 0 aliphatic heterocycles. The van der Waals surface area contributed by atoms with Gasteiger partial charge in [-0.2, -0.15) is 0 Å². The molecule has 140 valence electrons. The highest BCUT2D eigenvalue weighted by molar-refractivity contribution is 5.87. The topological polar surface area (TPSA) is 79.5 Å². The average molecular weight is 373 g/mol. The van der Waals surface area contributed by atoms with Gasteiger partial charge >= 0.3 is 0 Å². The molecule has 1 aromatic heterocycles. The van der Waals surface area contributed by atoms with Crippen molar-refractivity contribution in [2.45, 2.75) is 6.61 Å². The minimum Gasteiger partial charge on any atom is -0.493 e. The van der Waals surface area contributed by atoms with Crippen molar-refractivity contribution < 1.29 is 14.2 Å². The second kappa shape index (κ2) is 7.84. The molecule has 4 rings (SSSR count). The molecular weight excluding hydrogens is 354 g/mol. The molecule has 28 heavy (non-hydrogen) atoms. The highest BCUT2D eigenvalue weighted by Gasteiger charge is 2.13. The molecule has 0 unspecified atom stereocenters. The molecule has 0 atom stereocenters. The zero-order valence-electron chi connectivity index (χ0n) is 15.3. The van der Waals surface area contributed by atoms with E-state index in [1.165, 1.54) is 6.33 Å². The maximum Gasteiger partial charge on any atom is 0.230 e. The van der Waals surface area contributed by atoms with Gasteiger partial charge in [-0.1, -0.05) is 36.4 Å². The van der Waals surface area contributed by atoms with Crippen LogP contribution in [0.1, 0.15) is 5.56 Å². The van der Waals surface area contributed by atoms with Crippen molar-refractivity contribution in [3.63, 3.8) is 0 Å². The molecule has 0 radical (unpaired) electrons. The minimum absolute atomic E-state index is 0.418. The summed E-state index contributed by atoms with van der Waals surface area (Å²) < 4.78 is 17.4. The predicted molar refractivity (Wildman–Crippen MR) is 108 cm³/mol. The van der Waals surface area contributed by atoms with Crippen LogP contribution < -0.4 is 19.9 Å². The Labute approximate surface area is 162 Å². The highest BCUT2D eigenvalue weighted by Crippen LogP contribution is 2.36. The zero-order chi connectivity index (χ0) is 19.3. The molecule has 2 N–H and O–H groups in total. The number of hydrogen-bond donors (Lipinski definition) is 1. The first-order valence-corrected chi connectivity index (χ1v) is 8.76. The standard InChI is InChI=1S/C22H19N3O3/c1-26-20-12-19-18(11-21(20)27-13-15-6-3-2-4-7-15)22(25-14-24-19)28-17-9-5-8-16(23)10-17/h2-12,14H,13,23H2,1H3. The lowest BCUT2D eigenvalue weighted by Crippen LogP contribution is -1.99. The number of nitrogens with zero attached hydrogens (tertiary/aromatic N) is 2. The number of rotatable bonds is 6. The second-order valence-electron chi connectivity index (χ2n) is 6.15. The summed E-state index contributed by atoms with van der Waals surface area (Å²) in [5, 5.41) is 0.716. The Balaban J connectivity index is 1.69. The van der Waals surface area contributed by atoms with E-state index < -0.39 is 0 Å². The van der Waals surface area contributed by atoms with Gasteiger partial charge in [-0.25, -0.2) is 9.97 Å². The third-order valence-electron chi connectivity index (χ3n) is 4.19. The molecule has 6 nitrogen and oxygen atoms in total. The van der Waals surface area contributed by atoms with Crippen molar-refractivity contribution in [1.82, 2.24) is 9.97 Å². The van der Waals surface area contributed by atoms with Crippen molar-refractivity contribution in [1.29, 1.82) is 0 Å². The molecule has 3 aromatic carbocycles. The number of aromatic nitrogens is 2. The van der Waals surface area contributed by atoms with Gasteiger partial charge in [0.1, 0.15) is 18.7 Å². The van der Waals surface area contributed by atoms with Gasteiger partial charge in [0.25, 0.3) is 0 Å².